The summed E-state index contributed by atoms with van der Waals surface area (Å²) in [5.74, 6) is 0.912. The van der Waals surface area contributed by atoms with Gasteiger partial charge < -0.3 is 9.88 Å². The van der Waals surface area contributed by atoms with E-state index in [2.05, 4.69) is 15.4 Å². The van der Waals surface area contributed by atoms with Gasteiger partial charge in [-0.15, -0.1) is 0 Å². The maximum absolute atomic E-state index is 13.7. The fourth-order valence-corrected chi connectivity index (χ4v) is 5.58. The van der Waals surface area contributed by atoms with E-state index >= 15 is 0 Å². The third kappa shape index (κ3) is 4.62. The average Bonchev–Trinajstić information content (AvgIpc) is 3.50. The molecule has 1 amide bonds. The summed E-state index contributed by atoms with van der Waals surface area (Å²) in [7, 11) is 0. The molecule has 11 heteroatoms. The molecule has 3 aromatic carbocycles. The number of aryl methyl sites for hydroxylation is 3. The highest BCUT2D eigenvalue weighted by atomic mass is 35.5. The summed E-state index contributed by atoms with van der Waals surface area (Å²) in [5, 5.41) is 7.52. The molecule has 0 unspecified atom stereocenters. The van der Waals surface area contributed by atoms with E-state index in [1.165, 1.54) is 6.07 Å². The van der Waals surface area contributed by atoms with Gasteiger partial charge in [0.25, 0.3) is 5.91 Å². The van der Waals surface area contributed by atoms with E-state index in [4.69, 9.17) is 16.6 Å². The van der Waals surface area contributed by atoms with Gasteiger partial charge in [0.2, 0.25) is 0 Å². The first kappa shape index (κ1) is 26.1. The molecule has 7 nitrogen and oxygen atoms in total. The van der Waals surface area contributed by atoms with Crippen molar-refractivity contribution in [2.45, 2.75) is 44.9 Å². The van der Waals surface area contributed by atoms with Crippen molar-refractivity contribution >= 4 is 28.5 Å². The first-order valence-corrected chi connectivity index (χ1v) is 13.0. The highest BCUT2D eigenvalue weighted by Gasteiger charge is 2.41. The van der Waals surface area contributed by atoms with Gasteiger partial charge in [-0.1, -0.05) is 29.8 Å². The van der Waals surface area contributed by atoms with Crippen LogP contribution in [0.15, 0.2) is 67.0 Å². The molecule has 0 fully saturated rings. The number of imidazole rings is 1. The van der Waals surface area contributed by atoms with Gasteiger partial charge in [0.15, 0.2) is 0 Å². The van der Waals surface area contributed by atoms with Crippen LogP contribution < -0.4 is 5.32 Å². The van der Waals surface area contributed by atoms with Crippen LogP contribution in [0.4, 0.5) is 13.2 Å². The summed E-state index contributed by atoms with van der Waals surface area (Å²) in [4.78, 5) is 22.6. The normalized spacial score (nSPS) is 17.1. The van der Waals surface area contributed by atoms with Gasteiger partial charge in [0.1, 0.15) is 18.0 Å². The van der Waals surface area contributed by atoms with E-state index in [1.54, 1.807) is 42.2 Å². The van der Waals surface area contributed by atoms with Crippen LogP contribution in [-0.2, 0) is 24.7 Å². The number of halogens is 4. The maximum Gasteiger partial charge on any atom is 0.416 e. The summed E-state index contributed by atoms with van der Waals surface area (Å²) in [6.07, 6.45) is -2.17. The number of carbonyl (C=O) groups excluding carboxylic acids is 1. The molecule has 0 bridgehead atoms. The van der Waals surface area contributed by atoms with E-state index in [0.717, 1.165) is 34.6 Å². The number of hydrogen-bond donors (Lipinski definition) is 1. The number of carbonyl (C=O) groups is 1. The molecule has 1 aliphatic rings. The molecule has 0 radical (unpaired) electrons. The molecular formula is C29H24ClF3N6O. The molecular weight excluding hydrogens is 541 g/mol. The van der Waals surface area contributed by atoms with Gasteiger partial charge in [0.05, 0.1) is 45.0 Å². The summed E-state index contributed by atoms with van der Waals surface area (Å²) in [6.45, 7) is 3.94. The number of aromatic nitrogens is 5. The van der Waals surface area contributed by atoms with Crippen LogP contribution in [0.5, 0.6) is 0 Å². The lowest BCUT2D eigenvalue weighted by Crippen LogP contribution is -2.51. The predicted molar refractivity (Wildman–Crippen MR) is 144 cm³/mol. The van der Waals surface area contributed by atoms with Crippen molar-refractivity contribution in [2.75, 3.05) is 0 Å². The van der Waals surface area contributed by atoms with E-state index in [-0.39, 0.29) is 17.1 Å². The minimum atomic E-state index is -4.53. The highest BCUT2D eigenvalue weighted by molar-refractivity contribution is 6.34. The second-order valence-corrected chi connectivity index (χ2v) is 10.5. The van der Waals surface area contributed by atoms with Gasteiger partial charge >= 0.3 is 6.18 Å². The zero-order chi connectivity index (χ0) is 28.2. The number of hydrogen-bond acceptors (Lipinski definition) is 4. The van der Waals surface area contributed by atoms with Gasteiger partial charge in [-0.3, -0.25) is 4.79 Å². The van der Waals surface area contributed by atoms with Gasteiger partial charge in [-0.2, -0.15) is 18.3 Å². The lowest BCUT2D eigenvalue weighted by atomic mass is 9.81. The van der Waals surface area contributed by atoms with E-state index in [0.29, 0.717) is 29.9 Å². The summed E-state index contributed by atoms with van der Waals surface area (Å²) in [6, 6.07) is 15.9. The molecule has 0 saturated carbocycles. The Morgan fingerprint density at radius 3 is 2.62 bits per heavy atom. The van der Waals surface area contributed by atoms with Crippen LogP contribution in [0.2, 0.25) is 5.02 Å². The molecule has 6 rings (SSSR count). The Labute approximate surface area is 232 Å². The molecule has 0 spiro atoms. The third-order valence-corrected chi connectivity index (χ3v) is 7.66. The third-order valence-electron chi connectivity index (χ3n) is 7.35. The van der Waals surface area contributed by atoms with Crippen molar-refractivity contribution in [3.8, 4) is 5.69 Å². The largest absolute Gasteiger partial charge is 0.416 e. The van der Waals surface area contributed by atoms with Crippen LogP contribution >= 0.6 is 11.6 Å². The zero-order valence-electron chi connectivity index (χ0n) is 21.6. The Morgan fingerprint density at radius 1 is 1.07 bits per heavy atom. The Balaban J connectivity index is 1.42. The zero-order valence-corrected chi connectivity index (χ0v) is 22.4. The lowest BCUT2D eigenvalue weighted by Gasteiger charge is -2.40. The van der Waals surface area contributed by atoms with Crippen LogP contribution in [0.1, 0.15) is 45.1 Å². The smallest absolute Gasteiger partial charge is 0.341 e. The van der Waals surface area contributed by atoms with Crippen molar-refractivity contribution in [3.63, 3.8) is 0 Å². The minimum absolute atomic E-state index is 0.183. The van der Waals surface area contributed by atoms with E-state index in [1.807, 2.05) is 29.7 Å². The summed E-state index contributed by atoms with van der Waals surface area (Å²) < 4.78 is 44.7. The monoisotopic (exact) mass is 564 g/mol. The fourth-order valence-electron chi connectivity index (χ4n) is 5.32. The summed E-state index contributed by atoms with van der Waals surface area (Å²) in [5.41, 5.74) is 1.98. The number of fused-ring (bicyclic) bond motifs is 3. The maximum atomic E-state index is 13.7. The van der Waals surface area contributed by atoms with Gasteiger partial charge in [-0.25, -0.2) is 14.6 Å². The predicted octanol–water partition coefficient (Wildman–Crippen LogP) is 6.18. The van der Waals surface area contributed by atoms with Crippen LogP contribution in [-0.4, -0.2) is 30.2 Å². The molecule has 1 N–H and O–H groups in total. The first-order valence-electron chi connectivity index (χ1n) is 12.7. The molecule has 3 heterocycles. The Bertz CT molecular complexity index is 1780. The first-order chi connectivity index (χ1) is 19.0. The second kappa shape index (κ2) is 9.48. The van der Waals surface area contributed by atoms with Crippen LogP contribution in [0, 0.1) is 13.8 Å². The van der Waals surface area contributed by atoms with Gasteiger partial charge in [-0.05, 0) is 73.9 Å². The minimum Gasteiger partial charge on any atom is -0.341 e. The average molecular weight is 565 g/mol. The quantitative estimate of drug-likeness (QED) is 0.283. The Morgan fingerprint density at radius 2 is 1.90 bits per heavy atom. The molecule has 1 aliphatic heterocycles. The van der Waals surface area contributed by atoms with Crippen molar-refractivity contribution in [3.05, 3.63) is 106 Å². The van der Waals surface area contributed by atoms with E-state index in [9.17, 15) is 18.0 Å². The topological polar surface area (TPSA) is 77.6 Å². The standard InChI is InChI=1S/C29H24ClF3N6O/c1-17-6-9-25-24(12-17)35-26-10-11-28(15-38(25)26,19-4-3-5-20(13-19)29(31,32)33)36-27(40)22-8-7-21(14-23(22)30)39-16-34-18(2)37-39/h3-9,12-14,16H,10-11,15H2,1-2H3,(H,36,40)/t28-/m1/s1. The van der Waals surface area contributed by atoms with Crippen molar-refractivity contribution in [2.24, 2.45) is 0 Å². The van der Waals surface area contributed by atoms with Crippen molar-refractivity contribution in [1.82, 2.24) is 29.6 Å². The summed E-state index contributed by atoms with van der Waals surface area (Å²) >= 11 is 6.55. The molecule has 1 atom stereocenters. The molecule has 0 aliphatic carbocycles. The van der Waals surface area contributed by atoms with Gasteiger partial charge in [0, 0.05) is 6.42 Å². The molecule has 5 aromatic rings. The number of nitrogens with zero attached hydrogens (tertiary/aromatic N) is 5. The molecule has 0 saturated heterocycles. The molecule has 204 valence electrons. The number of benzene rings is 3. The second-order valence-electron chi connectivity index (χ2n) is 10.1. The lowest BCUT2D eigenvalue weighted by molar-refractivity contribution is -0.137. The number of nitrogens with one attached hydrogen (secondary N) is 1. The highest BCUT2D eigenvalue weighted by Crippen LogP contribution is 2.39. The number of alkyl halides is 3. The molecule has 2 aromatic heterocycles. The van der Waals surface area contributed by atoms with Crippen LogP contribution in [0.3, 0.4) is 0 Å². The SMILES string of the molecule is Cc1ccc2c(c1)nc1n2C[C@@](NC(=O)c2ccc(-n3cnc(C)n3)cc2Cl)(c2cccc(C(F)(F)F)c2)CC1. The Hall–Kier alpha value is -4.18. The molecule has 40 heavy (non-hydrogen) atoms. The van der Waals surface area contributed by atoms with Crippen molar-refractivity contribution < 1.29 is 18.0 Å². The van der Waals surface area contributed by atoms with Crippen LogP contribution in [0.25, 0.3) is 16.7 Å². The van der Waals surface area contributed by atoms with E-state index < -0.39 is 23.2 Å². The van der Waals surface area contributed by atoms with Crippen molar-refractivity contribution in [1.29, 1.82) is 0 Å². The number of amides is 1. The fraction of sp³-hybridized carbons (Fsp3) is 0.241. The number of rotatable bonds is 4. The Kier molecular flexibility index (Phi) is 6.18.